The van der Waals surface area contributed by atoms with Crippen molar-refractivity contribution in [1.29, 1.82) is 0 Å². The van der Waals surface area contributed by atoms with E-state index in [1.54, 1.807) is 6.26 Å². The summed E-state index contributed by atoms with van der Waals surface area (Å²) in [6.07, 6.45) is 1.66. The number of hydrogen-bond donors (Lipinski definition) is 0. The molecular weight excluding hydrogens is 240 g/mol. The number of hydrogen-bond acceptors (Lipinski definition) is 4. The summed E-state index contributed by atoms with van der Waals surface area (Å²) in [4.78, 5) is 12.8. The van der Waals surface area contributed by atoms with Gasteiger partial charge in [-0.05, 0) is 24.6 Å². The third-order valence-corrected chi connectivity index (χ3v) is 2.91. The minimum atomic E-state index is -0.223. The third-order valence-electron chi connectivity index (χ3n) is 2.91. The van der Waals surface area contributed by atoms with E-state index in [0.717, 1.165) is 12.3 Å². The van der Waals surface area contributed by atoms with E-state index < -0.39 is 0 Å². The van der Waals surface area contributed by atoms with Gasteiger partial charge in [0.2, 0.25) is 0 Å². The molecule has 0 spiro atoms. The number of nitrogens with zero attached hydrogens (tertiary/aromatic N) is 2. The largest absolute Gasteiger partial charge is 0.468 e. The summed E-state index contributed by atoms with van der Waals surface area (Å²) in [6.45, 7) is 3.91. The molecule has 0 amide bonds. The van der Waals surface area contributed by atoms with Gasteiger partial charge >= 0.3 is 0 Å². The molecule has 4 nitrogen and oxygen atoms in total. The molecule has 4 heteroatoms. The van der Waals surface area contributed by atoms with Gasteiger partial charge in [0.25, 0.3) is 0 Å². The van der Waals surface area contributed by atoms with Crippen LogP contribution in [0.3, 0.4) is 0 Å². The summed E-state index contributed by atoms with van der Waals surface area (Å²) in [6, 6.07) is 13.8. The molecule has 0 N–H and O–H groups in total. The van der Waals surface area contributed by atoms with Gasteiger partial charge in [-0.3, -0.25) is 4.90 Å². The van der Waals surface area contributed by atoms with Crippen LogP contribution in [-0.4, -0.2) is 17.5 Å². The standard InChI is InChI=1S/C15H18N2O2/c1-13(16-18)10-17(12-15-8-5-9-19-15)11-14-6-3-2-4-7-14/h2-9,13H,10-12H2,1H3. The number of nitroso groups, excluding NO2 is 1. The maximum Gasteiger partial charge on any atom is 0.117 e. The van der Waals surface area contributed by atoms with E-state index in [9.17, 15) is 4.91 Å². The average Bonchev–Trinajstić information content (AvgIpc) is 2.92. The van der Waals surface area contributed by atoms with Crippen LogP contribution in [0.1, 0.15) is 18.2 Å². The molecule has 2 rings (SSSR count). The Bertz CT molecular complexity index is 482. The van der Waals surface area contributed by atoms with Gasteiger partial charge in [-0.2, -0.15) is 4.91 Å². The summed E-state index contributed by atoms with van der Waals surface area (Å²) in [5, 5.41) is 3.08. The molecule has 0 aliphatic carbocycles. The van der Waals surface area contributed by atoms with Gasteiger partial charge in [-0.15, -0.1) is 0 Å². The smallest absolute Gasteiger partial charge is 0.117 e. The monoisotopic (exact) mass is 258 g/mol. The molecule has 0 bridgehead atoms. The Morgan fingerprint density at radius 3 is 2.58 bits per heavy atom. The van der Waals surface area contributed by atoms with Crippen molar-refractivity contribution in [3.05, 3.63) is 65.0 Å². The Kier molecular flexibility index (Phi) is 4.86. The van der Waals surface area contributed by atoms with E-state index in [1.165, 1.54) is 5.56 Å². The van der Waals surface area contributed by atoms with Gasteiger partial charge < -0.3 is 4.42 Å². The van der Waals surface area contributed by atoms with Gasteiger partial charge in [-0.1, -0.05) is 35.5 Å². The van der Waals surface area contributed by atoms with E-state index in [2.05, 4.69) is 22.2 Å². The summed E-state index contributed by atoms with van der Waals surface area (Å²) < 4.78 is 5.37. The zero-order chi connectivity index (χ0) is 13.5. The molecule has 0 saturated carbocycles. The van der Waals surface area contributed by atoms with Crippen LogP contribution in [-0.2, 0) is 13.1 Å². The van der Waals surface area contributed by atoms with Gasteiger partial charge in [0, 0.05) is 13.1 Å². The topological polar surface area (TPSA) is 45.8 Å². The highest BCUT2D eigenvalue weighted by molar-refractivity contribution is 5.14. The lowest BCUT2D eigenvalue weighted by molar-refractivity contribution is 0.225. The van der Waals surface area contributed by atoms with E-state index in [4.69, 9.17) is 4.42 Å². The fourth-order valence-corrected chi connectivity index (χ4v) is 2.06. The first-order chi connectivity index (χ1) is 9.28. The highest BCUT2D eigenvalue weighted by Gasteiger charge is 2.13. The molecule has 100 valence electrons. The normalized spacial score (nSPS) is 12.5. The first-order valence-electron chi connectivity index (χ1n) is 6.39. The highest BCUT2D eigenvalue weighted by Crippen LogP contribution is 2.11. The molecule has 0 fully saturated rings. The lowest BCUT2D eigenvalue weighted by Crippen LogP contribution is -2.29. The maximum absolute atomic E-state index is 10.6. The van der Waals surface area contributed by atoms with Gasteiger partial charge in [0.05, 0.1) is 12.8 Å². The van der Waals surface area contributed by atoms with E-state index in [-0.39, 0.29) is 6.04 Å². The molecule has 0 saturated heterocycles. The van der Waals surface area contributed by atoms with Gasteiger partial charge in [0.15, 0.2) is 0 Å². The first-order valence-corrected chi connectivity index (χ1v) is 6.39. The highest BCUT2D eigenvalue weighted by atomic mass is 16.3. The van der Waals surface area contributed by atoms with Crippen LogP contribution in [0.15, 0.2) is 58.3 Å². The van der Waals surface area contributed by atoms with E-state index in [0.29, 0.717) is 13.1 Å². The second-order valence-corrected chi connectivity index (χ2v) is 4.69. The Balaban J connectivity index is 2.03. The molecule has 1 atom stereocenters. The lowest BCUT2D eigenvalue weighted by atomic mass is 10.2. The Morgan fingerprint density at radius 2 is 1.95 bits per heavy atom. The first kappa shape index (κ1) is 13.5. The van der Waals surface area contributed by atoms with Crippen molar-refractivity contribution >= 4 is 0 Å². The predicted octanol–water partition coefficient (Wildman–Crippen LogP) is 3.44. The van der Waals surface area contributed by atoms with Crippen molar-refractivity contribution in [2.45, 2.75) is 26.1 Å². The molecule has 1 unspecified atom stereocenters. The molecule has 19 heavy (non-hydrogen) atoms. The van der Waals surface area contributed by atoms with Crippen LogP contribution in [0.4, 0.5) is 0 Å². The molecule has 0 aliphatic rings. The van der Waals surface area contributed by atoms with E-state index in [1.807, 2.05) is 37.3 Å². The molecule has 1 heterocycles. The summed E-state index contributed by atoms with van der Waals surface area (Å²) >= 11 is 0. The van der Waals surface area contributed by atoms with Crippen LogP contribution < -0.4 is 0 Å². The average molecular weight is 258 g/mol. The maximum atomic E-state index is 10.6. The third kappa shape index (κ3) is 4.34. The number of benzene rings is 1. The molecule has 0 radical (unpaired) electrons. The number of furan rings is 1. The Hall–Kier alpha value is -1.94. The molecule has 0 aliphatic heterocycles. The quantitative estimate of drug-likeness (QED) is 0.715. The summed E-state index contributed by atoms with van der Waals surface area (Å²) in [5.41, 5.74) is 1.21. The fourth-order valence-electron chi connectivity index (χ4n) is 2.06. The molecule has 2 aromatic rings. The summed E-state index contributed by atoms with van der Waals surface area (Å²) in [5.74, 6) is 0.897. The second-order valence-electron chi connectivity index (χ2n) is 4.69. The van der Waals surface area contributed by atoms with Crippen LogP contribution in [0, 0.1) is 4.91 Å². The minimum absolute atomic E-state index is 0.223. The second kappa shape index (κ2) is 6.85. The molecule has 1 aromatic carbocycles. The van der Waals surface area contributed by atoms with Crippen molar-refractivity contribution in [2.75, 3.05) is 6.54 Å². The van der Waals surface area contributed by atoms with Crippen molar-refractivity contribution in [2.24, 2.45) is 5.18 Å². The minimum Gasteiger partial charge on any atom is -0.468 e. The van der Waals surface area contributed by atoms with Crippen molar-refractivity contribution in [3.63, 3.8) is 0 Å². The van der Waals surface area contributed by atoms with Gasteiger partial charge in [0.1, 0.15) is 11.8 Å². The Morgan fingerprint density at radius 1 is 1.16 bits per heavy atom. The zero-order valence-electron chi connectivity index (χ0n) is 11.0. The zero-order valence-corrected chi connectivity index (χ0v) is 11.0. The van der Waals surface area contributed by atoms with Crippen molar-refractivity contribution < 1.29 is 4.42 Å². The van der Waals surface area contributed by atoms with Crippen LogP contribution >= 0.6 is 0 Å². The van der Waals surface area contributed by atoms with Gasteiger partial charge in [-0.25, -0.2) is 0 Å². The fraction of sp³-hybridized carbons (Fsp3) is 0.333. The lowest BCUT2D eigenvalue weighted by Gasteiger charge is -2.22. The van der Waals surface area contributed by atoms with Crippen LogP contribution in [0.5, 0.6) is 0 Å². The molecule has 1 aromatic heterocycles. The Labute approximate surface area is 113 Å². The van der Waals surface area contributed by atoms with Crippen molar-refractivity contribution in [1.82, 2.24) is 4.90 Å². The van der Waals surface area contributed by atoms with Crippen molar-refractivity contribution in [3.8, 4) is 0 Å². The van der Waals surface area contributed by atoms with Crippen LogP contribution in [0.25, 0.3) is 0 Å². The summed E-state index contributed by atoms with van der Waals surface area (Å²) in [7, 11) is 0. The number of rotatable bonds is 7. The molecular formula is C15H18N2O2. The predicted molar refractivity (Wildman–Crippen MR) is 74.5 cm³/mol. The van der Waals surface area contributed by atoms with Crippen LogP contribution in [0.2, 0.25) is 0 Å². The SMILES string of the molecule is CC(CN(Cc1ccccc1)Cc1ccco1)N=O. The van der Waals surface area contributed by atoms with E-state index >= 15 is 0 Å².